The van der Waals surface area contributed by atoms with Gasteiger partial charge in [0.15, 0.2) is 0 Å². The molecule has 1 N–H and O–H groups in total. The number of fused-ring (bicyclic) bond motifs is 2. The number of hydrogen-bond acceptors (Lipinski definition) is 4. The number of hydrogen-bond donors (Lipinski definition) is 1. The number of para-hydroxylation sites is 1. The summed E-state index contributed by atoms with van der Waals surface area (Å²) in [5.41, 5.74) is 1.88. The molecule has 0 unspecified atom stereocenters. The molecule has 5 rings (SSSR count). The minimum absolute atomic E-state index is 0.225. The lowest BCUT2D eigenvalue weighted by molar-refractivity contribution is 0.414. The highest BCUT2D eigenvalue weighted by Gasteiger charge is 2.18. The molecule has 0 saturated heterocycles. The Morgan fingerprint density at radius 3 is 2.61 bits per heavy atom. The maximum absolute atomic E-state index is 13.6. The first-order valence-corrected chi connectivity index (χ1v) is 10.3. The molecule has 0 spiro atoms. The van der Waals surface area contributed by atoms with Crippen LogP contribution in [0.15, 0.2) is 86.9 Å². The normalized spacial score (nSPS) is 11.2. The average molecular weight is 474 g/mol. The lowest BCUT2D eigenvalue weighted by Gasteiger charge is -2.16. The molecule has 31 heavy (non-hydrogen) atoms. The van der Waals surface area contributed by atoms with Gasteiger partial charge in [0.2, 0.25) is 5.56 Å². The number of benzene rings is 3. The van der Waals surface area contributed by atoms with Gasteiger partial charge in [-0.3, -0.25) is 14.2 Å². The summed E-state index contributed by atoms with van der Waals surface area (Å²) in [4.78, 5) is 33.7. The molecule has 2 aromatic heterocycles. The molecule has 6 nitrogen and oxygen atoms in total. The van der Waals surface area contributed by atoms with E-state index in [1.54, 1.807) is 31.4 Å². The summed E-state index contributed by atoms with van der Waals surface area (Å²) in [6, 6.07) is 21.4. The average Bonchev–Trinajstić information content (AvgIpc) is 2.79. The monoisotopic (exact) mass is 473 g/mol. The third-order valence-corrected chi connectivity index (χ3v) is 5.63. The molecule has 0 atom stereocenters. The van der Waals surface area contributed by atoms with E-state index < -0.39 is 0 Å². The van der Waals surface area contributed by atoms with Crippen molar-refractivity contribution < 1.29 is 4.74 Å². The smallest absolute Gasteiger partial charge is 0.266 e. The number of pyridine rings is 1. The van der Waals surface area contributed by atoms with Crippen molar-refractivity contribution in [2.24, 2.45) is 0 Å². The zero-order valence-electron chi connectivity index (χ0n) is 16.4. The van der Waals surface area contributed by atoms with Crippen molar-refractivity contribution in [3.05, 3.63) is 98.0 Å². The van der Waals surface area contributed by atoms with Crippen molar-refractivity contribution >= 4 is 37.7 Å². The fraction of sp³-hybridized carbons (Fsp3) is 0.0417. The van der Waals surface area contributed by atoms with Crippen LogP contribution in [0.3, 0.4) is 0 Å². The zero-order chi connectivity index (χ0) is 21.5. The number of nitrogens with zero attached hydrogens (tertiary/aromatic N) is 2. The number of aromatic nitrogens is 3. The molecule has 152 valence electrons. The highest BCUT2D eigenvalue weighted by molar-refractivity contribution is 9.10. The third-order valence-electron chi connectivity index (χ3n) is 5.13. The fourth-order valence-electron chi connectivity index (χ4n) is 3.71. The summed E-state index contributed by atoms with van der Waals surface area (Å²) >= 11 is 3.50. The predicted octanol–water partition coefficient (Wildman–Crippen LogP) is 4.67. The van der Waals surface area contributed by atoms with E-state index in [2.05, 4.69) is 20.9 Å². The standard InChI is InChI=1S/C24H16BrN3O3/c1-31-16-6-4-5-15(12-16)28-23(27-20-8-3-2-7-17(20)24(28)30)19-13-22(29)26-21-10-9-14(25)11-18(19)21/h2-13H,1H3,(H,26,29). The second kappa shape index (κ2) is 7.52. The molecular weight excluding hydrogens is 458 g/mol. The summed E-state index contributed by atoms with van der Waals surface area (Å²) in [5.74, 6) is 0.994. The summed E-state index contributed by atoms with van der Waals surface area (Å²) in [7, 11) is 1.57. The molecule has 0 bridgehead atoms. The Balaban J connectivity index is 1.96. The Morgan fingerprint density at radius 2 is 1.77 bits per heavy atom. The Morgan fingerprint density at radius 1 is 0.935 bits per heavy atom. The van der Waals surface area contributed by atoms with E-state index in [0.717, 1.165) is 9.86 Å². The molecule has 0 aliphatic carbocycles. The maximum atomic E-state index is 13.6. The summed E-state index contributed by atoms with van der Waals surface area (Å²) in [6.45, 7) is 0. The van der Waals surface area contributed by atoms with Crippen LogP contribution < -0.4 is 15.9 Å². The summed E-state index contributed by atoms with van der Waals surface area (Å²) in [6.07, 6.45) is 0. The van der Waals surface area contributed by atoms with Crippen LogP contribution in [0.25, 0.3) is 38.9 Å². The van der Waals surface area contributed by atoms with E-state index in [9.17, 15) is 9.59 Å². The van der Waals surface area contributed by atoms with Crippen molar-refractivity contribution in [2.75, 3.05) is 7.11 Å². The molecule has 5 aromatic rings. The molecule has 0 fully saturated rings. The number of halogens is 1. The third kappa shape index (κ3) is 3.33. The van der Waals surface area contributed by atoms with Crippen LogP contribution in [0.1, 0.15) is 0 Å². The number of rotatable bonds is 3. The highest BCUT2D eigenvalue weighted by Crippen LogP contribution is 2.30. The van der Waals surface area contributed by atoms with Crippen LogP contribution in [0.5, 0.6) is 5.75 Å². The number of ether oxygens (including phenoxy) is 1. The van der Waals surface area contributed by atoms with E-state index in [1.807, 2.05) is 42.5 Å². The molecular formula is C24H16BrN3O3. The summed E-state index contributed by atoms with van der Waals surface area (Å²) in [5, 5.41) is 1.26. The number of H-pyrrole nitrogens is 1. The van der Waals surface area contributed by atoms with E-state index in [0.29, 0.717) is 39.2 Å². The molecule has 0 aliphatic rings. The molecule has 7 heteroatoms. The number of methoxy groups -OCH3 is 1. The topological polar surface area (TPSA) is 77.0 Å². The van der Waals surface area contributed by atoms with Crippen LogP contribution in [0, 0.1) is 0 Å². The van der Waals surface area contributed by atoms with Gasteiger partial charge in [-0.1, -0.05) is 34.1 Å². The van der Waals surface area contributed by atoms with Crippen LogP contribution in [0.2, 0.25) is 0 Å². The van der Waals surface area contributed by atoms with Crippen LogP contribution >= 0.6 is 15.9 Å². The Labute approximate surface area is 184 Å². The van der Waals surface area contributed by atoms with Gasteiger partial charge in [0.25, 0.3) is 5.56 Å². The minimum Gasteiger partial charge on any atom is -0.497 e. The van der Waals surface area contributed by atoms with Gasteiger partial charge in [-0.2, -0.15) is 0 Å². The zero-order valence-corrected chi connectivity index (χ0v) is 18.0. The van der Waals surface area contributed by atoms with Gasteiger partial charge in [-0.25, -0.2) is 4.98 Å². The lowest BCUT2D eigenvalue weighted by atomic mass is 10.1. The molecule has 2 heterocycles. The van der Waals surface area contributed by atoms with Gasteiger partial charge in [0.1, 0.15) is 11.6 Å². The largest absolute Gasteiger partial charge is 0.497 e. The lowest BCUT2D eigenvalue weighted by Crippen LogP contribution is -2.22. The Hall–Kier alpha value is -3.71. The molecule has 0 radical (unpaired) electrons. The first kappa shape index (κ1) is 19.3. The highest BCUT2D eigenvalue weighted by atomic mass is 79.9. The van der Waals surface area contributed by atoms with Crippen molar-refractivity contribution in [1.82, 2.24) is 14.5 Å². The second-order valence-electron chi connectivity index (χ2n) is 7.03. The van der Waals surface area contributed by atoms with Crippen molar-refractivity contribution in [3.63, 3.8) is 0 Å². The first-order valence-electron chi connectivity index (χ1n) is 9.54. The van der Waals surface area contributed by atoms with Gasteiger partial charge in [0, 0.05) is 33.1 Å². The van der Waals surface area contributed by atoms with Crippen molar-refractivity contribution in [1.29, 1.82) is 0 Å². The Bertz CT molecular complexity index is 1590. The van der Waals surface area contributed by atoms with Crippen molar-refractivity contribution in [3.8, 4) is 22.8 Å². The van der Waals surface area contributed by atoms with Gasteiger partial charge >= 0.3 is 0 Å². The molecule has 3 aromatic carbocycles. The van der Waals surface area contributed by atoms with Gasteiger partial charge in [-0.15, -0.1) is 0 Å². The second-order valence-corrected chi connectivity index (χ2v) is 7.95. The summed E-state index contributed by atoms with van der Waals surface area (Å²) < 4.78 is 7.74. The van der Waals surface area contributed by atoms with Gasteiger partial charge in [-0.05, 0) is 42.5 Å². The van der Waals surface area contributed by atoms with E-state index in [-0.39, 0.29) is 11.1 Å². The SMILES string of the molecule is COc1cccc(-n2c(-c3cc(=O)[nH]c4ccc(Br)cc34)nc3ccccc3c2=O)c1. The van der Waals surface area contributed by atoms with Gasteiger partial charge in [0.05, 0.1) is 23.7 Å². The maximum Gasteiger partial charge on any atom is 0.266 e. The molecule has 0 aliphatic heterocycles. The van der Waals surface area contributed by atoms with Crippen LogP contribution in [-0.2, 0) is 0 Å². The van der Waals surface area contributed by atoms with E-state index in [1.165, 1.54) is 10.6 Å². The Kier molecular flexibility index (Phi) is 4.67. The van der Waals surface area contributed by atoms with Crippen molar-refractivity contribution in [2.45, 2.75) is 0 Å². The predicted molar refractivity (Wildman–Crippen MR) is 125 cm³/mol. The van der Waals surface area contributed by atoms with E-state index >= 15 is 0 Å². The van der Waals surface area contributed by atoms with E-state index in [4.69, 9.17) is 9.72 Å². The quantitative estimate of drug-likeness (QED) is 0.413. The fourth-order valence-corrected chi connectivity index (χ4v) is 4.07. The minimum atomic E-state index is -0.274. The number of aromatic amines is 1. The van der Waals surface area contributed by atoms with Crippen LogP contribution in [0.4, 0.5) is 0 Å². The van der Waals surface area contributed by atoms with Gasteiger partial charge < -0.3 is 9.72 Å². The van der Waals surface area contributed by atoms with Crippen LogP contribution in [-0.4, -0.2) is 21.6 Å². The number of nitrogens with one attached hydrogen (secondary N) is 1. The molecule has 0 saturated carbocycles. The first-order chi connectivity index (χ1) is 15.0. The molecule has 0 amide bonds.